The second-order valence-corrected chi connectivity index (χ2v) is 4.41. The third-order valence-electron chi connectivity index (χ3n) is 2.83. The normalized spacial score (nSPS) is 11.8. The van der Waals surface area contributed by atoms with Crippen molar-refractivity contribution in [3.05, 3.63) is 33.9 Å². The summed E-state index contributed by atoms with van der Waals surface area (Å²) >= 11 is 0. The predicted octanol–water partition coefficient (Wildman–Crippen LogP) is 2.16. The molecule has 1 aromatic carbocycles. The molecule has 1 unspecified atom stereocenters. The molecule has 0 radical (unpaired) electrons. The highest BCUT2D eigenvalue weighted by Crippen LogP contribution is 2.29. The van der Waals surface area contributed by atoms with Gasteiger partial charge in [-0.05, 0) is 25.0 Å². The van der Waals surface area contributed by atoms with E-state index >= 15 is 0 Å². The highest BCUT2D eigenvalue weighted by Gasteiger charge is 2.25. The van der Waals surface area contributed by atoms with Crippen molar-refractivity contribution < 1.29 is 19.2 Å². The van der Waals surface area contributed by atoms with E-state index in [9.17, 15) is 14.9 Å². The third-order valence-corrected chi connectivity index (χ3v) is 2.83. The second-order valence-electron chi connectivity index (χ2n) is 4.41. The van der Waals surface area contributed by atoms with Crippen molar-refractivity contribution in [1.82, 2.24) is 0 Å². The first-order chi connectivity index (χ1) is 10.0. The molecule has 1 aromatic rings. The zero-order valence-electron chi connectivity index (χ0n) is 12.2. The van der Waals surface area contributed by atoms with Crippen LogP contribution in [-0.2, 0) is 16.1 Å². The Kier molecular flexibility index (Phi) is 6.61. The van der Waals surface area contributed by atoms with Gasteiger partial charge >= 0.3 is 11.7 Å². The van der Waals surface area contributed by atoms with E-state index in [0.29, 0.717) is 18.4 Å². The standard InChI is InChI=1S/C14H20N2O5/c1-3-5-13(14(17)20-4-2)21-12-7-6-10(9-15)8-11(12)16(18)19/h6-8,13H,3-5,9,15H2,1-2H3. The lowest BCUT2D eigenvalue weighted by Gasteiger charge is -2.17. The molecule has 1 atom stereocenters. The van der Waals surface area contributed by atoms with E-state index in [1.165, 1.54) is 12.1 Å². The number of carbonyl (C=O) groups is 1. The number of benzene rings is 1. The van der Waals surface area contributed by atoms with Crippen LogP contribution in [0.5, 0.6) is 5.75 Å². The first-order valence-electron chi connectivity index (χ1n) is 6.84. The molecule has 0 aliphatic heterocycles. The van der Waals surface area contributed by atoms with Crippen LogP contribution < -0.4 is 10.5 Å². The first kappa shape index (κ1) is 16.9. The number of esters is 1. The van der Waals surface area contributed by atoms with Gasteiger partial charge in [0.2, 0.25) is 0 Å². The van der Waals surface area contributed by atoms with Crippen LogP contribution in [0.15, 0.2) is 18.2 Å². The lowest BCUT2D eigenvalue weighted by Crippen LogP contribution is -2.29. The molecule has 2 N–H and O–H groups in total. The molecule has 0 amide bonds. The minimum absolute atomic E-state index is 0.0451. The molecule has 0 spiro atoms. The average molecular weight is 296 g/mol. The summed E-state index contributed by atoms with van der Waals surface area (Å²) in [5.41, 5.74) is 5.89. The fraction of sp³-hybridized carbons (Fsp3) is 0.500. The van der Waals surface area contributed by atoms with Crippen molar-refractivity contribution in [3.63, 3.8) is 0 Å². The molecule has 7 heteroatoms. The Balaban J connectivity index is 3.02. The van der Waals surface area contributed by atoms with Gasteiger partial charge in [0.15, 0.2) is 11.9 Å². The van der Waals surface area contributed by atoms with Gasteiger partial charge in [0.05, 0.1) is 11.5 Å². The number of nitrogens with two attached hydrogens (primary N) is 1. The molecule has 1 rings (SSSR count). The van der Waals surface area contributed by atoms with E-state index in [4.69, 9.17) is 15.2 Å². The summed E-state index contributed by atoms with van der Waals surface area (Å²) in [5.74, 6) is -0.472. The Hall–Kier alpha value is -2.15. The van der Waals surface area contributed by atoms with Crippen LogP contribution in [0.3, 0.4) is 0 Å². The third kappa shape index (κ3) is 4.71. The number of nitro benzene ring substituents is 1. The SMILES string of the molecule is CCCC(Oc1ccc(CN)cc1[N+](=O)[O-])C(=O)OCC. The number of hydrogen-bond acceptors (Lipinski definition) is 6. The Bertz CT molecular complexity index is 504. The predicted molar refractivity (Wildman–Crippen MR) is 76.9 cm³/mol. The van der Waals surface area contributed by atoms with Gasteiger partial charge in [0, 0.05) is 12.6 Å². The van der Waals surface area contributed by atoms with Crippen LogP contribution in [0.2, 0.25) is 0 Å². The van der Waals surface area contributed by atoms with Gasteiger partial charge in [-0.1, -0.05) is 19.4 Å². The summed E-state index contributed by atoms with van der Waals surface area (Å²) < 4.78 is 10.4. The highest BCUT2D eigenvalue weighted by molar-refractivity contribution is 5.75. The van der Waals surface area contributed by atoms with E-state index < -0.39 is 17.0 Å². The van der Waals surface area contributed by atoms with Gasteiger partial charge in [-0.3, -0.25) is 10.1 Å². The van der Waals surface area contributed by atoms with Crippen molar-refractivity contribution in [2.75, 3.05) is 6.61 Å². The molecule has 7 nitrogen and oxygen atoms in total. The van der Waals surface area contributed by atoms with Crippen molar-refractivity contribution in [2.45, 2.75) is 39.3 Å². The average Bonchev–Trinajstić information content (AvgIpc) is 2.47. The summed E-state index contributed by atoms with van der Waals surface area (Å²) in [6, 6.07) is 4.45. The molecule has 0 aliphatic carbocycles. The van der Waals surface area contributed by atoms with Gasteiger partial charge in [0.1, 0.15) is 0 Å². The smallest absolute Gasteiger partial charge is 0.347 e. The van der Waals surface area contributed by atoms with E-state index in [0.717, 1.165) is 0 Å². The molecular formula is C14H20N2O5. The zero-order chi connectivity index (χ0) is 15.8. The van der Waals surface area contributed by atoms with Crippen molar-refractivity contribution in [1.29, 1.82) is 0 Å². The van der Waals surface area contributed by atoms with E-state index in [-0.39, 0.29) is 24.6 Å². The maximum Gasteiger partial charge on any atom is 0.347 e. The van der Waals surface area contributed by atoms with Crippen LogP contribution in [0.25, 0.3) is 0 Å². The Morgan fingerprint density at radius 2 is 2.14 bits per heavy atom. The molecule has 116 valence electrons. The fourth-order valence-corrected chi connectivity index (χ4v) is 1.81. The molecule has 0 bridgehead atoms. The molecule has 0 saturated carbocycles. The molecule has 0 fully saturated rings. The summed E-state index contributed by atoms with van der Waals surface area (Å²) in [4.78, 5) is 22.3. The highest BCUT2D eigenvalue weighted by atomic mass is 16.6. The number of hydrogen-bond donors (Lipinski definition) is 1. The van der Waals surface area contributed by atoms with Gasteiger partial charge in [-0.15, -0.1) is 0 Å². The largest absolute Gasteiger partial charge is 0.472 e. The second kappa shape index (κ2) is 8.21. The van der Waals surface area contributed by atoms with Gasteiger partial charge in [-0.25, -0.2) is 4.79 Å². The first-order valence-corrected chi connectivity index (χ1v) is 6.84. The van der Waals surface area contributed by atoms with Crippen molar-refractivity contribution in [3.8, 4) is 5.75 Å². The maximum atomic E-state index is 11.8. The van der Waals surface area contributed by atoms with Crippen molar-refractivity contribution in [2.24, 2.45) is 5.73 Å². The topological polar surface area (TPSA) is 105 Å². The Labute approximate surface area is 123 Å². The zero-order valence-corrected chi connectivity index (χ0v) is 12.2. The van der Waals surface area contributed by atoms with Crippen molar-refractivity contribution >= 4 is 11.7 Å². The number of rotatable bonds is 8. The molecule has 0 aliphatic rings. The summed E-state index contributed by atoms with van der Waals surface area (Å²) in [7, 11) is 0. The van der Waals surface area contributed by atoms with Crippen LogP contribution in [0.4, 0.5) is 5.69 Å². The Morgan fingerprint density at radius 3 is 2.67 bits per heavy atom. The van der Waals surface area contributed by atoms with E-state index in [1.54, 1.807) is 13.0 Å². The van der Waals surface area contributed by atoms with Crippen LogP contribution in [0.1, 0.15) is 32.3 Å². The van der Waals surface area contributed by atoms with Crippen LogP contribution in [-0.4, -0.2) is 23.6 Å². The molecule has 0 aromatic heterocycles. The van der Waals surface area contributed by atoms with E-state index in [2.05, 4.69) is 0 Å². The van der Waals surface area contributed by atoms with Crippen LogP contribution in [0, 0.1) is 10.1 Å². The number of nitrogens with zero attached hydrogens (tertiary/aromatic N) is 1. The van der Waals surface area contributed by atoms with Gasteiger partial charge in [0.25, 0.3) is 0 Å². The van der Waals surface area contributed by atoms with Gasteiger partial charge < -0.3 is 15.2 Å². The summed E-state index contributed by atoms with van der Waals surface area (Å²) in [6.07, 6.45) is 0.268. The fourth-order valence-electron chi connectivity index (χ4n) is 1.81. The monoisotopic (exact) mass is 296 g/mol. The lowest BCUT2D eigenvalue weighted by molar-refractivity contribution is -0.386. The lowest BCUT2D eigenvalue weighted by atomic mass is 10.1. The minimum atomic E-state index is -0.850. The van der Waals surface area contributed by atoms with E-state index in [1.807, 2.05) is 6.92 Å². The number of nitro groups is 1. The Morgan fingerprint density at radius 1 is 1.43 bits per heavy atom. The number of carbonyl (C=O) groups excluding carboxylic acids is 1. The quantitative estimate of drug-likeness (QED) is 0.448. The van der Waals surface area contributed by atoms with Gasteiger partial charge in [-0.2, -0.15) is 0 Å². The summed E-state index contributed by atoms with van der Waals surface area (Å²) in [5, 5.41) is 11.1. The molecule has 21 heavy (non-hydrogen) atoms. The molecule has 0 saturated heterocycles. The summed E-state index contributed by atoms with van der Waals surface area (Å²) in [6.45, 7) is 4.01. The van der Waals surface area contributed by atoms with Crippen LogP contribution >= 0.6 is 0 Å². The number of ether oxygens (including phenoxy) is 2. The molecular weight excluding hydrogens is 276 g/mol. The minimum Gasteiger partial charge on any atom is -0.472 e. The molecule has 0 heterocycles. The maximum absolute atomic E-state index is 11.8.